The summed E-state index contributed by atoms with van der Waals surface area (Å²) < 4.78 is 73.1. The third-order valence-corrected chi connectivity index (χ3v) is 11.8. The van der Waals surface area contributed by atoms with Crippen LogP contribution in [0.15, 0.2) is 84.9 Å². The van der Waals surface area contributed by atoms with E-state index < -0.39 is 22.8 Å². The third-order valence-electron chi connectivity index (χ3n) is 11.8. The zero-order chi connectivity index (χ0) is 36.5. The van der Waals surface area contributed by atoms with Crippen molar-refractivity contribution in [3.63, 3.8) is 0 Å². The number of benzene rings is 5. The summed E-state index contributed by atoms with van der Waals surface area (Å²) in [5, 5.41) is 1.65. The fraction of sp³-hybridized carbons (Fsp3) is 0.318. The van der Waals surface area contributed by atoms with Gasteiger partial charge in [0.1, 0.15) is 11.5 Å². The van der Waals surface area contributed by atoms with Gasteiger partial charge in [-0.3, -0.25) is 0 Å². The molecule has 9 heteroatoms. The molecule has 1 spiro atoms. The van der Waals surface area contributed by atoms with Crippen LogP contribution >= 0.6 is 0 Å². The van der Waals surface area contributed by atoms with Crippen molar-refractivity contribution in [1.82, 2.24) is 0 Å². The largest absolute Gasteiger partial charge is 0.497 e. The first-order valence-corrected chi connectivity index (χ1v) is 18.1. The quantitative estimate of drug-likeness (QED) is 0.174. The van der Waals surface area contributed by atoms with Crippen molar-refractivity contribution in [1.29, 1.82) is 0 Å². The molecule has 0 radical (unpaired) electrons. The van der Waals surface area contributed by atoms with Crippen LogP contribution in [0.3, 0.4) is 0 Å². The van der Waals surface area contributed by atoms with Gasteiger partial charge in [-0.2, -0.15) is 13.2 Å². The van der Waals surface area contributed by atoms with Gasteiger partial charge in [0, 0.05) is 46.3 Å². The Labute approximate surface area is 306 Å². The van der Waals surface area contributed by atoms with Gasteiger partial charge in [-0.25, -0.2) is 0 Å². The second-order valence-corrected chi connectivity index (χ2v) is 14.3. The fourth-order valence-electron chi connectivity index (χ4n) is 9.27. The minimum absolute atomic E-state index is 0.534. The van der Waals surface area contributed by atoms with Crippen LogP contribution in [0.4, 0.5) is 18.9 Å². The van der Waals surface area contributed by atoms with Crippen molar-refractivity contribution < 1.29 is 36.9 Å². The van der Waals surface area contributed by atoms with Gasteiger partial charge in [0.2, 0.25) is 0 Å². The molecule has 1 saturated heterocycles. The molecule has 2 aliphatic heterocycles. The average Bonchev–Trinajstić information content (AvgIpc) is 3.80. The molecule has 2 heterocycles. The van der Waals surface area contributed by atoms with Crippen LogP contribution in [0.5, 0.6) is 23.0 Å². The second kappa shape index (κ2) is 12.5. The molecule has 53 heavy (non-hydrogen) atoms. The molecule has 1 atom stereocenters. The summed E-state index contributed by atoms with van der Waals surface area (Å²) in [4.78, 5) is 2.32. The highest BCUT2D eigenvalue weighted by Crippen LogP contribution is 2.64. The predicted octanol–water partition coefficient (Wildman–Crippen LogP) is 9.91. The van der Waals surface area contributed by atoms with E-state index in [4.69, 9.17) is 23.7 Å². The minimum atomic E-state index is -4.46. The van der Waals surface area contributed by atoms with Crippen LogP contribution in [0.2, 0.25) is 0 Å². The van der Waals surface area contributed by atoms with Crippen LogP contribution in [0.25, 0.3) is 28.0 Å². The molecule has 2 aliphatic carbocycles. The number of ether oxygens (including phenoxy) is 5. The highest BCUT2D eigenvalue weighted by Gasteiger charge is 2.50. The highest BCUT2D eigenvalue weighted by atomic mass is 19.4. The zero-order valence-corrected chi connectivity index (χ0v) is 29.9. The standard InChI is InChI=1S/C44H40F3NO5/c1-49-31-13-8-28(9-14-31)43(27-6-11-30(12-7-27)48-20-22-52-23-21-48)19-16-33-40-39(34-25-37(50-2)38(51-3)26-35(34)41(33)53-43)32-15-10-29(44(45,46)47)24-36(32)42(40)17-4-5-18-42/h6-16,19,24-26H,4-5,17-18,20-23H2,1-3H3. The molecule has 1 unspecified atom stereocenters. The van der Waals surface area contributed by atoms with Crippen LogP contribution in [0, 0.1) is 0 Å². The van der Waals surface area contributed by atoms with Crippen molar-refractivity contribution in [3.05, 3.63) is 118 Å². The topological polar surface area (TPSA) is 49.4 Å². The summed E-state index contributed by atoms with van der Waals surface area (Å²) in [6.45, 7) is 3.02. The minimum Gasteiger partial charge on any atom is -0.497 e. The van der Waals surface area contributed by atoms with E-state index in [1.165, 1.54) is 12.1 Å². The van der Waals surface area contributed by atoms with E-state index in [-0.39, 0.29) is 0 Å². The number of hydrogen-bond donors (Lipinski definition) is 0. The summed E-state index contributed by atoms with van der Waals surface area (Å²) >= 11 is 0. The molecule has 0 N–H and O–H groups in total. The number of fused-ring (bicyclic) bond motifs is 10. The predicted molar refractivity (Wildman–Crippen MR) is 200 cm³/mol. The van der Waals surface area contributed by atoms with Gasteiger partial charge in [-0.15, -0.1) is 0 Å². The maximum atomic E-state index is 14.3. The Balaban J connectivity index is 1.31. The van der Waals surface area contributed by atoms with E-state index in [2.05, 4.69) is 41.3 Å². The van der Waals surface area contributed by atoms with Crippen molar-refractivity contribution in [2.45, 2.75) is 42.9 Å². The number of anilines is 1. The maximum absolute atomic E-state index is 14.3. The molecule has 272 valence electrons. The molecule has 0 amide bonds. The summed E-state index contributed by atoms with van der Waals surface area (Å²) in [7, 11) is 4.84. The Morgan fingerprint density at radius 2 is 1.38 bits per heavy atom. The van der Waals surface area contributed by atoms with E-state index in [9.17, 15) is 13.2 Å². The molecule has 0 bridgehead atoms. The molecule has 5 aromatic carbocycles. The normalized spacial score (nSPS) is 19.8. The fourth-order valence-corrected chi connectivity index (χ4v) is 9.27. The van der Waals surface area contributed by atoms with Crippen molar-refractivity contribution in [2.75, 3.05) is 52.5 Å². The molecule has 1 saturated carbocycles. The van der Waals surface area contributed by atoms with Crippen molar-refractivity contribution in [2.24, 2.45) is 0 Å². The zero-order valence-electron chi connectivity index (χ0n) is 29.9. The molecular formula is C44H40F3NO5. The van der Waals surface area contributed by atoms with Gasteiger partial charge < -0.3 is 28.6 Å². The summed E-state index contributed by atoms with van der Waals surface area (Å²) in [6.07, 6.45) is 3.14. The van der Waals surface area contributed by atoms with Crippen molar-refractivity contribution in [3.8, 4) is 34.1 Å². The van der Waals surface area contributed by atoms with Gasteiger partial charge in [0.25, 0.3) is 0 Å². The van der Waals surface area contributed by atoms with Gasteiger partial charge in [0.05, 0.1) is 40.1 Å². The SMILES string of the molecule is COc1ccc(C2(c3ccc(N4CCOCC4)cc3)C=Cc3c4c(c5cc(OC)c(OC)cc5c3O2)-c2ccc(C(F)(F)F)cc2C42CCCC2)cc1. The number of morpholine rings is 1. The lowest BCUT2D eigenvalue weighted by Crippen LogP contribution is -2.37. The van der Waals surface area contributed by atoms with E-state index in [0.717, 1.165) is 99.9 Å². The van der Waals surface area contributed by atoms with Crippen molar-refractivity contribution >= 4 is 22.5 Å². The van der Waals surface area contributed by atoms with E-state index in [0.29, 0.717) is 30.5 Å². The van der Waals surface area contributed by atoms with E-state index >= 15 is 0 Å². The van der Waals surface area contributed by atoms with Gasteiger partial charge in [0.15, 0.2) is 17.1 Å². The number of alkyl halides is 3. The lowest BCUT2D eigenvalue weighted by molar-refractivity contribution is -0.137. The second-order valence-electron chi connectivity index (χ2n) is 14.3. The molecule has 6 nitrogen and oxygen atoms in total. The number of methoxy groups -OCH3 is 3. The Kier molecular flexibility index (Phi) is 7.93. The monoisotopic (exact) mass is 719 g/mol. The van der Waals surface area contributed by atoms with Crippen LogP contribution in [-0.2, 0) is 21.9 Å². The smallest absolute Gasteiger partial charge is 0.416 e. The first-order chi connectivity index (χ1) is 25.7. The number of hydrogen-bond acceptors (Lipinski definition) is 6. The van der Waals surface area contributed by atoms with E-state index in [1.54, 1.807) is 27.4 Å². The molecule has 4 aliphatic rings. The lowest BCUT2D eigenvalue weighted by Gasteiger charge is -2.39. The highest BCUT2D eigenvalue weighted by molar-refractivity contribution is 6.09. The lowest BCUT2D eigenvalue weighted by atomic mass is 9.73. The van der Waals surface area contributed by atoms with Gasteiger partial charge in [-0.05, 0) is 95.1 Å². The molecular weight excluding hydrogens is 679 g/mol. The van der Waals surface area contributed by atoms with Crippen LogP contribution in [-0.4, -0.2) is 47.6 Å². The molecule has 0 aromatic heterocycles. The summed E-state index contributed by atoms with van der Waals surface area (Å²) in [5.41, 5.74) is 5.11. The average molecular weight is 720 g/mol. The Hall–Kier alpha value is -5.15. The maximum Gasteiger partial charge on any atom is 0.416 e. The third kappa shape index (κ3) is 5.11. The summed E-state index contributed by atoms with van der Waals surface area (Å²) in [6, 6.07) is 24.6. The summed E-state index contributed by atoms with van der Waals surface area (Å²) in [5.74, 6) is 2.46. The van der Waals surface area contributed by atoms with E-state index in [1.807, 2.05) is 36.4 Å². The van der Waals surface area contributed by atoms with Gasteiger partial charge in [-0.1, -0.05) is 49.2 Å². The molecule has 5 aromatic rings. The molecule has 2 fully saturated rings. The van der Waals surface area contributed by atoms with Crippen LogP contribution < -0.4 is 23.8 Å². The number of rotatable bonds is 6. The first-order valence-electron chi connectivity index (χ1n) is 18.1. The van der Waals surface area contributed by atoms with Gasteiger partial charge >= 0.3 is 6.18 Å². The number of nitrogens with zero attached hydrogens (tertiary/aromatic N) is 1. The molecule has 9 rings (SSSR count). The Morgan fingerprint density at radius 3 is 2.00 bits per heavy atom. The first kappa shape index (κ1) is 33.7. The Morgan fingerprint density at radius 1 is 0.736 bits per heavy atom. The number of halogens is 3. The van der Waals surface area contributed by atoms with Crippen LogP contribution in [0.1, 0.15) is 59.1 Å². The Bertz CT molecular complexity index is 2250.